The van der Waals surface area contributed by atoms with Gasteiger partial charge in [0.2, 0.25) is 0 Å². The second-order valence-corrected chi connectivity index (χ2v) is 13.2. The van der Waals surface area contributed by atoms with E-state index in [4.69, 9.17) is 0 Å². The van der Waals surface area contributed by atoms with Crippen molar-refractivity contribution in [2.45, 2.75) is 6.42 Å². The van der Waals surface area contributed by atoms with Crippen LogP contribution in [0.3, 0.4) is 0 Å². The Kier molecular flexibility index (Phi) is 7.90. The standard InChI is InChI=1S/C19H6Br8N2O4/c20-8-4-5(9(21)13(25)12(8)24)17(31)28(16(4)30)2-1-3-29-18(32)6-7(19(29)33)11(23)15(27)14(26)10(6)22/h1-3H2. The Morgan fingerprint density at radius 3 is 0.818 bits per heavy atom. The van der Waals surface area contributed by atoms with Crippen molar-refractivity contribution in [1.82, 2.24) is 9.80 Å². The predicted molar refractivity (Wildman–Crippen MR) is 150 cm³/mol. The molecule has 0 aliphatic carbocycles. The predicted octanol–water partition coefficient (Wildman–Crippen LogP) is 8.07. The van der Waals surface area contributed by atoms with E-state index in [0.717, 1.165) is 9.80 Å². The van der Waals surface area contributed by atoms with Gasteiger partial charge in [-0.05, 0) is 134 Å². The maximum atomic E-state index is 13.0. The summed E-state index contributed by atoms with van der Waals surface area (Å²) < 4.78 is 4.32. The molecule has 4 rings (SSSR count). The molecular weight excluding hydrogens is 959 g/mol. The molecule has 172 valence electrons. The van der Waals surface area contributed by atoms with Crippen LogP contribution in [0.4, 0.5) is 0 Å². The van der Waals surface area contributed by atoms with Crippen LogP contribution >= 0.6 is 127 Å². The Bertz CT molecular complexity index is 1130. The van der Waals surface area contributed by atoms with E-state index in [1.54, 1.807) is 0 Å². The molecule has 0 spiro atoms. The van der Waals surface area contributed by atoms with Gasteiger partial charge in [-0.25, -0.2) is 0 Å². The van der Waals surface area contributed by atoms with Gasteiger partial charge in [0.05, 0.1) is 22.3 Å². The summed E-state index contributed by atoms with van der Waals surface area (Å²) in [6, 6.07) is 0. The lowest BCUT2D eigenvalue weighted by Gasteiger charge is -2.17. The third-order valence-electron chi connectivity index (χ3n) is 5.13. The van der Waals surface area contributed by atoms with E-state index in [0.29, 0.717) is 35.8 Å². The Morgan fingerprint density at radius 1 is 0.394 bits per heavy atom. The molecule has 2 aromatic rings. The number of halogens is 8. The molecule has 14 heteroatoms. The first-order chi connectivity index (χ1) is 15.4. The van der Waals surface area contributed by atoms with Gasteiger partial charge in [-0.1, -0.05) is 0 Å². The third-order valence-corrected chi connectivity index (χ3v) is 14.7. The molecule has 0 bridgehead atoms. The molecule has 2 aromatic carbocycles. The highest BCUT2D eigenvalue weighted by Crippen LogP contribution is 2.46. The summed E-state index contributed by atoms with van der Waals surface area (Å²) in [6.45, 7) is 0.0905. The minimum absolute atomic E-state index is 0.0452. The van der Waals surface area contributed by atoms with E-state index in [9.17, 15) is 19.2 Å². The highest BCUT2D eigenvalue weighted by molar-refractivity contribution is 9.15. The van der Waals surface area contributed by atoms with E-state index >= 15 is 0 Å². The summed E-state index contributed by atoms with van der Waals surface area (Å²) in [7, 11) is 0. The Morgan fingerprint density at radius 2 is 0.606 bits per heavy atom. The van der Waals surface area contributed by atoms with E-state index in [-0.39, 0.29) is 41.8 Å². The molecule has 0 N–H and O–H groups in total. The summed E-state index contributed by atoms with van der Waals surface area (Å²) in [4.78, 5) is 54.2. The van der Waals surface area contributed by atoms with Crippen molar-refractivity contribution >= 4 is 151 Å². The Hall–Kier alpha value is 0.560. The summed E-state index contributed by atoms with van der Waals surface area (Å²) in [6.07, 6.45) is 0.228. The maximum Gasteiger partial charge on any atom is 0.262 e. The fourth-order valence-electron chi connectivity index (χ4n) is 3.58. The van der Waals surface area contributed by atoms with Crippen LogP contribution in [0.5, 0.6) is 0 Å². The lowest BCUT2D eigenvalue weighted by atomic mass is 10.1. The second kappa shape index (κ2) is 9.79. The molecule has 0 atom stereocenters. The van der Waals surface area contributed by atoms with Crippen LogP contribution in [0.25, 0.3) is 0 Å². The number of hydrogen-bond donors (Lipinski definition) is 0. The van der Waals surface area contributed by atoms with Crippen LogP contribution in [0, 0.1) is 0 Å². The minimum atomic E-state index is -0.448. The van der Waals surface area contributed by atoms with Crippen LogP contribution in [-0.4, -0.2) is 46.5 Å². The summed E-state index contributed by atoms with van der Waals surface area (Å²) in [5.74, 6) is -1.79. The summed E-state index contributed by atoms with van der Waals surface area (Å²) in [5, 5.41) is 0. The smallest absolute Gasteiger partial charge is 0.262 e. The number of carbonyl (C=O) groups is 4. The molecule has 4 amide bonds. The van der Waals surface area contributed by atoms with Crippen molar-refractivity contribution in [3.63, 3.8) is 0 Å². The fraction of sp³-hybridized carbons (Fsp3) is 0.158. The lowest BCUT2D eigenvalue weighted by molar-refractivity contribution is 0.0626. The zero-order chi connectivity index (χ0) is 24.5. The van der Waals surface area contributed by atoms with Crippen LogP contribution in [0.1, 0.15) is 47.9 Å². The van der Waals surface area contributed by atoms with Gasteiger partial charge < -0.3 is 0 Å². The normalized spacial score (nSPS) is 15.2. The average Bonchev–Trinajstić information content (AvgIpc) is 3.18. The highest BCUT2D eigenvalue weighted by Gasteiger charge is 2.43. The quantitative estimate of drug-likeness (QED) is 0.177. The van der Waals surface area contributed by atoms with Gasteiger partial charge in [-0.15, -0.1) is 0 Å². The molecule has 0 aromatic heterocycles. The number of benzene rings is 2. The zero-order valence-corrected chi connectivity index (χ0v) is 28.4. The monoisotopic (exact) mass is 957 g/mol. The first-order valence-electron chi connectivity index (χ1n) is 8.86. The van der Waals surface area contributed by atoms with Crippen molar-refractivity contribution in [3.05, 3.63) is 58.0 Å². The topological polar surface area (TPSA) is 74.8 Å². The lowest BCUT2D eigenvalue weighted by Crippen LogP contribution is -2.36. The molecular formula is C19H6Br8N2O4. The van der Waals surface area contributed by atoms with Crippen LogP contribution in [-0.2, 0) is 0 Å². The van der Waals surface area contributed by atoms with Gasteiger partial charge in [0, 0.05) is 48.9 Å². The second-order valence-electron chi connectivity index (χ2n) is 6.89. The Labute approximate surface area is 254 Å². The minimum Gasteiger partial charge on any atom is -0.274 e. The number of hydrogen-bond acceptors (Lipinski definition) is 4. The van der Waals surface area contributed by atoms with Gasteiger partial charge >= 0.3 is 0 Å². The third kappa shape index (κ3) is 4.06. The van der Waals surface area contributed by atoms with Crippen molar-refractivity contribution in [1.29, 1.82) is 0 Å². The SMILES string of the molecule is O=C1c2c(Br)c(Br)c(Br)c(Br)c2C(=O)N1CCCN1C(=O)c2c(Br)c(Br)c(Br)c(Br)c2C1=O. The molecule has 2 aliphatic rings. The van der Waals surface area contributed by atoms with Gasteiger partial charge in [-0.3, -0.25) is 29.0 Å². The van der Waals surface area contributed by atoms with Crippen molar-refractivity contribution in [2.24, 2.45) is 0 Å². The van der Waals surface area contributed by atoms with Crippen molar-refractivity contribution in [2.75, 3.05) is 13.1 Å². The van der Waals surface area contributed by atoms with E-state index < -0.39 is 23.6 Å². The first-order valence-corrected chi connectivity index (χ1v) is 15.2. The zero-order valence-electron chi connectivity index (χ0n) is 15.7. The van der Waals surface area contributed by atoms with Gasteiger partial charge in [0.15, 0.2) is 0 Å². The number of fused-ring (bicyclic) bond motifs is 2. The highest BCUT2D eigenvalue weighted by atomic mass is 79.9. The van der Waals surface area contributed by atoms with Crippen LogP contribution in [0.15, 0.2) is 35.8 Å². The van der Waals surface area contributed by atoms with Gasteiger partial charge in [0.1, 0.15) is 0 Å². The van der Waals surface area contributed by atoms with Gasteiger partial charge in [-0.2, -0.15) is 0 Å². The van der Waals surface area contributed by atoms with Crippen LogP contribution < -0.4 is 0 Å². The molecule has 0 unspecified atom stereocenters. The fourth-order valence-corrected chi connectivity index (χ4v) is 8.50. The van der Waals surface area contributed by atoms with E-state index in [1.165, 1.54) is 0 Å². The molecule has 2 heterocycles. The number of amides is 4. The number of carbonyl (C=O) groups excluding carboxylic acids is 4. The van der Waals surface area contributed by atoms with E-state index in [1.807, 2.05) is 0 Å². The summed E-state index contributed by atoms with van der Waals surface area (Å²) in [5.41, 5.74) is 1.02. The maximum absolute atomic E-state index is 13.0. The van der Waals surface area contributed by atoms with Gasteiger partial charge in [0.25, 0.3) is 23.6 Å². The molecule has 0 radical (unpaired) electrons. The Balaban J connectivity index is 1.55. The largest absolute Gasteiger partial charge is 0.274 e. The first kappa shape index (κ1) is 26.6. The number of imide groups is 2. The number of rotatable bonds is 4. The van der Waals surface area contributed by atoms with E-state index in [2.05, 4.69) is 127 Å². The molecule has 33 heavy (non-hydrogen) atoms. The average molecular weight is 965 g/mol. The van der Waals surface area contributed by atoms with Crippen LogP contribution in [0.2, 0.25) is 0 Å². The summed E-state index contributed by atoms with van der Waals surface area (Å²) >= 11 is 27.1. The molecule has 0 saturated heterocycles. The number of nitrogens with zero attached hydrogens (tertiary/aromatic N) is 2. The molecule has 0 fully saturated rings. The van der Waals surface area contributed by atoms with Crippen molar-refractivity contribution in [3.8, 4) is 0 Å². The molecule has 2 aliphatic heterocycles. The molecule has 6 nitrogen and oxygen atoms in total. The molecule has 0 saturated carbocycles. The van der Waals surface area contributed by atoms with Crippen molar-refractivity contribution < 1.29 is 19.2 Å².